The summed E-state index contributed by atoms with van der Waals surface area (Å²) in [7, 11) is 1.31. The van der Waals surface area contributed by atoms with Crippen LogP contribution in [0.15, 0.2) is 18.2 Å². The average Bonchev–Trinajstić information content (AvgIpc) is 2.24. The molecule has 1 amide bonds. The molecule has 0 saturated heterocycles. The molecule has 1 rings (SSSR count). The van der Waals surface area contributed by atoms with E-state index in [9.17, 15) is 9.18 Å². The Kier molecular flexibility index (Phi) is 4.52. The molecule has 1 atom stereocenters. The van der Waals surface area contributed by atoms with Crippen LogP contribution in [0.25, 0.3) is 0 Å². The summed E-state index contributed by atoms with van der Waals surface area (Å²) in [5.41, 5.74) is 2.11. The maximum absolute atomic E-state index is 13.0. The van der Waals surface area contributed by atoms with Gasteiger partial charge in [-0.25, -0.2) is 9.87 Å². The minimum atomic E-state index is -0.791. The molecule has 0 radical (unpaired) electrons. The number of rotatable bonds is 4. The van der Waals surface area contributed by atoms with Crippen molar-refractivity contribution >= 4 is 17.5 Å². The van der Waals surface area contributed by atoms with Gasteiger partial charge in [-0.3, -0.25) is 9.63 Å². The van der Waals surface area contributed by atoms with Gasteiger partial charge in [0.05, 0.1) is 12.1 Å². The molecule has 0 fully saturated rings. The third-order valence-corrected chi connectivity index (χ3v) is 2.08. The molecule has 0 aliphatic heterocycles. The first kappa shape index (κ1) is 12.7. The van der Waals surface area contributed by atoms with Crippen LogP contribution in [-0.4, -0.2) is 19.1 Å². The molecule has 0 heterocycles. The maximum atomic E-state index is 13.0. The molecule has 1 N–H and O–H groups in total. The predicted octanol–water partition coefficient (Wildman–Crippen LogP) is 1.92. The first-order valence-corrected chi connectivity index (χ1v) is 4.87. The summed E-state index contributed by atoms with van der Waals surface area (Å²) in [5.74, 6) is -0.836. The standard InChI is InChI=1S/C10H11ClFNO3/c1-6(10(14)13-15-2)16-7-3-4-8(11)9(12)5-7/h3-6H,1-2H3,(H,13,14)/t6-/m0/s1. The van der Waals surface area contributed by atoms with Crippen molar-refractivity contribution in [2.24, 2.45) is 0 Å². The lowest BCUT2D eigenvalue weighted by Gasteiger charge is -2.13. The van der Waals surface area contributed by atoms with E-state index in [1.165, 1.54) is 26.2 Å². The summed E-state index contributed by atoms with van der Waals surface area (Å²) in [6.07, 6.45) is -0.791. The van der Waals surface area contributed by atoms with E-state index in [1.807, 2.05) is 0 Å². The normalized spacial score (nSPS) is 12.0. The lowest BCUT2D eigenvalue weighted by atomic mass is 10.3. The monoisotopic (exact) mass is 247 g/mol. The zero-order valence-electron chi connectivity index (χ0n) is 8.79. The summed E-state index contributed by atoms with van der Waals surface area (Å²) < 4.78 is 18.2. The number of nitrogens with one attached hydrogen (secondary N) is 1. The summed E-state index contributed by atoms with van der Waals surface area (Å²) in [5, 5.41) is 0.00125. The Bertz CT molecular complexity index is 386. The van der Waals surface area contributed by atoms with E-state index < -0.39 is 17.8 Å². The Morgan fingerprint density at radius 1 is 1.56 bits per heavy atom. The molecular weight excluding hydrogens is 237 g/mol. The van der Waals surface area contributed by atoms with Crippen LogP contribution in [0.5, 0.6) is 5.75 Å². The minimum absolute atomic E-state index is 0.00125. The smallest absolute Gasteiger partial charge is 0.284 e. The average molecular weight is 248 g/mol. The van der Waals surface area contributed by atoms with Crippen molar-refractivity contribution in [3.8, 4) is 5.75 Å². The molecular formula is C10H11ClFNO3. The van der Waals surface area contributed by atoms with Gasteiger partial charge in [0, 0.05) is 6.07 Å². The highest BCUT2D eigenvalue weighted by Gasteiger charge is 2.14. The number of carbonyl (C=O) groups is 1. The third-order valence-electron chi connectivity index (χ3n) is 1.78. The highest BCUT2D eigenvalue weighted by atomic mass is 35.5. The first-order chi connectivity index (χ1) is 7.54. The van der Waals surface area contributed by atoms with Gasteiger partial charge in [0.25, 0.3) is 5.91 Å². The molecule has 1 aromatic carbocycles. The molecule has 0 saturated carbocycles. The van der Waals surface area contributed by atoms with E-state index in [0.717, 1.165) is 6.07 Å². The van der Waals surface area contributed by atoms with E-state index in [-0.39, 0.29) is 10.8 Å². The van der Waals surface area contributed by atoms with E-state index in [1.54, 1.807) is 0 Å². The van der Waals surface area contributed by atoms with E-state index in [2.05, 4.69) is 10.3 Å². The van der Waals surface area contributed by atoms with Crippen LogP contribution in [0.4, 0.5) is 4.39 Å². The zero-order chi connectivity index (χ0) is 12.1. The third kappa shape index (κ3) is 3.36. The molecule has 0 unspecified atom stereocenters. The fraction of sp³-hybridized carbons (Fsp3) is 0.300. The van der Waals surface area contributed by atoms with Crippen LogP contribution in [-0.2, 0) is 9.63 Å². The summed E-state index contributed by atoms with van der Waals surface area (Å²) in [6.45, 7) is 1.51. The quantitative estimate of drug-likeness (QED) is 0.827. The van der Waals surface area contributed by atoms with Crippen LogP contribution >= 0.6 is 11.6 Å². The fourth-order valence-corrected chi connectivity index (χ4v) is 1.11. The zero-order valence-corrected chi connectivity index (χ0v) is 9.55. The Labute approximate surface area is 97.3 Å². The number of halogens is 2. The van der Waals surface area contributed by atoms with Gasteiger partial charge in [-0.2, -0.15) is 0 Å². The Hall–Kier alpha value is -1.33. The second kappa shape index (κ2) is 5.67. The Morgan fingerprint density at radius 2 is 2.25 bits per heavy atom. The van der Waals surface area contributed by atoms with Crippen LogP contribution < -0.4 is 10.2 Å². The van der Waals surface area contributed by atoms with Crippen molar-refractivity contribution in [2.45, 2.75) is 13.0 Å². The number of ether oxygens (including phenoxy) is 1. The second-order valence-corrected chi connectivity index (χ2v) is 3.41. The number of carbonyl (C=O) groups excluding carboxylic acids is 1. The van der Waals surface area contributed by atoms with E-state index in [0.29, 0.717) is 0 Å². The molecule has 6 heteroatoms. The minimum Gasteiger partial charge on any atom is -0.481 e. The number of hydrogen-bond donors (Lipinski definition) is 1. The molecule has 0 bridgehead atoms. The Balaban J connectivity index is 2.66. The lowest BCUT2D eigenvalue weighted by molar-refractivity contribution is -0.137. The molecule has 0 aliphatic carbocycles. The molecule has 1 aromatic rings. The van der Waals surface area contributed by atoms with Crippen molar-refractivity contribution in [2.75, 3.05) is 7.11 Å². The number of amides is 1. The molecule has 0 aliphatic rings. The topological polar surface area (TPSA) is 47.6 Å². The molecule has 0 spiro atoms. The van der Waals surface area contributed by atoms with Gasteiger partial charge >= 0.3 is 0 Å². The van der Waals surface area contributed by atoms with Gasteiger partial charge in [-0.15, -0.1) is 0 Å². The molecule has 0 aromatic heterocycles. The van der Waals surface area contributed by atoms with Crippen molar-refractivity contribution in [1.29, 1.82) is 0 Å². The number of hydroxylamine groups is 1. The molecule has 4 nitrogen and oxygen atoms in total. The van der Waals surface area contributed by atoms with Crippen LogP contribution in [0.3, 0.4) is 0 Å². The summed E-state index contributed by atoms with van der Waals surface area (Å²) in [4.78, 5) is 15.6. The van der Waals surface area contributed by atoms with Gasteiger partial charge in [0.2, 0.25) is 0 Å². The number of benzene rings is 1. The SMILES string of the molecule is CONC(=O)[C@H](C)Oc1ccc(Cl)c(F)c1. The van der Waals surface area contributed by atoms with Crippen molar-refractivity contribution in [3.63, 3.8) is 0 Å². The summed E-state index contributed by atoms with van der Waals surface area (Å²) >= 11 is 5.50. The predicted molar refractivity (Wildman–Crippen MR) is 56.7 cm³/mol. The highest BCUT2D eigenvalue weighted by Crippen LogP contribution is 2.21. The van der Waals surface area contributed by atoms with Gasteiger partial charge < -0.3 is 4.74 Å². The first-order valence-electron chi connectivity index (χ1n) is 4.49. The number of hydrogen-bond acceptors (Lipinski definition) is 3. The summed E-state index contributed by atoms with van der Waals surface area (Å²) in [6, 6.07) is 3.94. The highest BCUT2D eigenvalue weighted by molar-refractivity contribution is 6.30. The van der Waals surface area contributed by atoms with Gasteiger partial charge in [0.15, 0.2) is 6.10 Å². The van der Waals surface area contributed by atoms with Crippen molar-refractivity contribution in [3.05, 3.63) is 29.0 Å². The maximum Gasteiger partial charge on any atom is 0.284 e. The van der Waals surface area contributed by atoms with Crippen LogP contribution in [0.2, 0.25) is 5.02 Å². The van der Waals surface area contributed by atoms with E-state index >= 15 is 0 Å². The van der Waals surface area contributed by atoms with Gasteiger partial charge in [0.1, 0.15) is 11.6 Å². The van der Waals surface area contributed by atoms with Crippen LogP contribution in [0, 0.1) is 5.82 Å². The Morgan fingerprint density at radius 3 is 2.81 bits per heavy atom. The molecule has 88 valence electrons. The van der Waals surface area contributed by atoms with Crippen molar-refractivity contribution in [1.82, 2.24) is 5.48 Å². The van der Waals surface area contributed by atoms with E-state index in [4.69, 9.17) is 16.3 Å². The lowest BCUT2D eigenvalue weighted by Crippen LogP contribution is -2.35. The fourth-order valence-electron chi connectivity index (χ4n) is 0.991. The van der Waals surface area contributed by atoms with Crippen molar-refractivity contribution < 1.29 is 18.8 Å². The van der Waals surface area contributed by atoms with Gasteiger partial charge in [-0.05, 0) is 19.1 Å². The van der Waals surface area contributed by atoms with Gasteiger partial charge in [-0.1, -0.05) is 11.6 Å². The largest absolute Gasteiger partial charge is 0.481 e. The van der Waals surface area contributed by atoms with Crippen LogP contribution in [0.1, 0.15) is 6.92 Å². The second-order valence-electron chi connectivity index (χ2n) is 3.01. The molecule has 16 heavy (non-hydrogen) atoms.